The van der Waals surface area contributed by atoms with Crippen LogP contribution >= 0.6 is 11.6 Å². The van der Waals surface area contributed by atoms with Gasteiger partial charge in [-0.1, -0.05) is 29.8 Å². The molecule has 3 aromatic carbocycles. The third-order valence-corrected chi connectivity index (χ3v) is 6.26. The second-order valence-corrected chi connectivity index (χ2v) is 8.87. The first-order chi connectivity index (χ1) is 17.2. The Morgan fingerprint density at radius 1 is 0.943 bits per heavy atom. The Hall–Kier alpha value is -3.42. The predicted molar refractivity (Wildman–Crippen MR) is 136 cm³/mol. The Balaban J connectivity index is 1.30. The average Bonchev–Trinajstić information content (AvgIpc) is 3.37. The highest BCUT2D eigenvalue weighted by Crippen LogP contribution is 2.34. The number of fused-ring (bicyclic) bond motifs is 1. The summed E-state index contributed by atoms with van der Waals surface area (Å²) in [5.41, 5.74) is 2.27. The third-order valence-electron chi connectivity index (χ3n) is 5.97. The predicted octanol–water partition coefficient (Wildman–Crippen LogP) is 6.22. The van der Waals surface area contributed by atoms with E-state index >= 15 is 0 Å². The van der Waals surface area contributed by atoms with E-state index < -0.39 is 0 Å². The van der Waals surface area contributed by atoms with Gasteiger partial charge in [-0.05, 0) is 74.0 Å². The molecule has 0 amide bonds. The average molecular weight is 493 g/mol. The molecule has 0 bridgehead atoms. The van der Waals surface area contributed by atoms with Crippen molar-refractivity contribution in [2.45, 2.75) is 19.4 Å². The molecule has 1 N–H and O–H groups in total. The van der Waals surface area contributed by atoms with Gasteiger partial charge in [0.1, 0.15) is 42.7 Å². The fourth-order valence-electron chi connectivity index (χ4n) is 4.20. The third kappa shape index (κ3) is 5.81. The van der Waals surface area contributed by atoms with Crippen LogP contribution in [-0.4, -0.2) is 41.1 Å². The molecule has 0 spiro atoms. The lowest BCUT2D eigenvalue weighted by atomic mass is 10.2. The fraction of sp³-hybridized carbons (Fsp3) is 0.259. The van der Waals surface area contributed by atoms with Crippen LogP contribution in [0.1, 0.15) is 18.4 Å². The van der Waals surface area contributed by atoms with Crippen LogP contribution < -0.4 is 14.8 Å². The van der Waals surface area contributed by atoms with Crippen molar-refractivity contribution in [3.05, 3.63) is 83.4 Å². The second-order valence-electron chi connectivity index (χ2n) is 8.46. The number of aromatic nitrogens is 2. The first-order valence-corrected chi connectivity index (χ1v) is 12.1. The van der Waals surface area contributed by atoms with Crippen molar-refractivity contribution in [2.24, 2.45) is 0 Å². The maximum absolute atomic E-state index is 13.4. The monoisotopic (exact) mass is 492 g/mol. The van der Waals surface area contributed by atoms with Crippen molar-refractivity contribution in [2.75, 3.05) is 31.6 Å². The van der Waals surface area contributed by atoms with Gasteiger partial charge in [0, 0.05) is 12.2 Å². The van der Waals surface area contributed by atoms with Crippen molar-refractivity contribution in [3.8, 4) is 11.5 Å². The van der Waals surface area contributed by atoms with E-state index in [1.54, 1.807) is 24.3 Å². The highest BCUT2D eigenvalue weighted by molar-refractivity contribution is 6.32. The minimum absolute atomic E-state index is 0.221. The number of ether oxygens (including phenoxy) is 2. The molecular formula is C27H26ClFN4O2. The smallest absolute Gasteiger partial charge is 0.145 e. The van der Waals surface area contributed by atoms with E-state index in [1.165, 1.54) is 31.3 Å². The number of anilines is 2. The number of nitrogens with one attached hydrogen (secondary N) is 1. The van der Waals surface area contributed by atoms with E-state index in [0.29, 0.717) is 23.2 Å². The Morgan fingerprint density at radius 3 is 2.63 bits per heavy atom. The van der Waals surface area contributed by atoms with Gasteiger partial charge in [0.2, 0.25) is 0 Å². The largest absolute Gasteiger partial charge is 0.491 e. The first kappa shape index (κ1) is 23.3. The molecule has 0 saturated carbocycles. The highest BCUT2D eigenvalue weighted by atomic mass is 35.5. The number of halogens is 2. The van der Waals surface area contributed by atoms with Crippen molar-refractivity contribution >= 4 is 34.0 Å². The normalized spacial score (nSPS) is 13.8. The first-order valence-electron chi connectivity index (χ1n) is 11.7. The van der Waals surface area contributed by atoms with Crippen LogP contribution in [0.4, 0.5) is 15.9 Å². The van der Waals surface area contributed by atoms with Crippen LogP contribution in [0.2, 0.25) is 5.02 Å². The van der Waals surface area contributed by atoms with E-state index in [-0.39, 0.29) is 12.4 Å². The molecule has 1 fully saturated rings. The zero-order valence-electron chi connectivity index (χ0n) is 19.2. The van der Waals surface area contributed by atoms with E-state index in [0.717, 1.165) is 47.5 Å². The maximum Gasteiger partial charge on any atom is 0.145 e. The summed E-state index contributed by atoms with van der Waals surface area (Å²) in [7, 11) is 0. The van der Waals surface area contributed by atoms with Crippen LogP contribution in [-0.2, 0) is 6.61 Å². The fourth-order valence-corrected chi connectivity index (χ4v) is 4.44. The summed E-state index contributed by atoms with van der Waals surface area (Å²) >= 11 is 6.47. The molecule has 1 aliphatic rings. The molecule has 0 aliphatic carbocycles. The van der Waals surface area contributed by atoms with Crippen molar-refractivity contribution < 1.29 is 13.9 Å². The molecule has 5 rings (SSSR count). The van der Waals surface area contributed by atoms with Crippen molar-refractivity contribution in [3.63, 3.8) is 0 Å². The van der Waals surface area contributed by atoms with Crippen LogP contribution in [0, 0.1) is 5.82 Å². The summed E-state index contributed by atoms with van der Waals surface area (Å²) in [6, 6.07) is 17.5. The van der Waals surface area contributed by atoms with E-state index in [1.807, 2.05) is 24.3 Å². The van der Waals surface area contributed by atoms with Gasteiger partial charge in [-0.3, -0.25) is 4.90 Å². The molecule has 0 unspecified atom stereocenters. The second kappa shape index (κ2) is 10.9. The molecule has 2 heterocycles. The number of rotatable bonds is 9. The number of nitrogens with zero attached hydrogens (tertiary/aromatic N) is 3. The zero-order valence-corrected chi connectivity index (χ0v) is 20.0. The molecule has 1 saturated heterocycles. The van der Waals surface area contributed by atoms with E-state index in [2.05, 4.69) is 20.2 Å². The van der Waals surface area contributed by atoms with Gasteiger partial charge in [-0.25, -0.2) is 14.4 Å². The number of hydrogen-bond donors (Lipinski definition) is 1. The molecule has 35 heavy (non-hydrogen) atoms. The molecule has 6 nitrogen and oxygen atoms in total. The van der Waals surface area contributed by atoms with Crippen LogP contribution in [0.15, 0.2) is 67.0 Å². The minimum Gasteiger partial charge on any atom is -0.491 e. The zero-order chi connectivity index (χ0) is 24.0. The van der Waals surface area contributed by atoms with Crippen LogP contribution in [0.5, 0.6) is 11.5 Å². The number of hydrogen-bond acceptors (Lipinski definition) is 6. The highest BCUT2D eigenvalue weighted by Gasteiger charge is 2.14. The molecule has 1 aliphatic heterocycles. The Morgan fingerprint density at radius 2 is 1.80 bits per heavy atom. The summed E-state index contributed by atoms with van der Waals surface area (Å²) in [4.78, 5) is 11.3. The lowest BCUT2D eigenvalue weighted by Gasteiger charge is -2.17. The van der Waals surface area contributed by atoms with Gasteiger partial charge < -0.3 is 14.8 Å². The minimum atomic E-state index is -0.298. The molecule has 0 radical (unpaired) electrons. The summed E-state index contributed by atoms with van der Waals surface area (Å²) in [6.45, 7) is 4.00. The Labute approximate surface area is 208 Å². The van der Waals surface area contributed by atoms with Gasteiger partial charge >= 0.3 is 0 Å². The van der Waals surface area contributed by atoms with Gasteiger partial charge in [-0.2, -0.15) is 0 Å². The standard InChI is InChI=1S/C27H26ClFN4O2/c28-22-16-21(9-10-24(22)35-17-19-5-3-6-20(29)15-19)32-27-26-23(30-18-31-27)7-4-8-25(26)34-14-13-33-11-1-2-12-33/h3-10,15-16,18H,1-2,11-14,17H2,(H,30,31,32). The van der Waals surface area contributed by atoms with Crippen LogP contribution in [0.3, 0.4) is 0 Å². The SMILES string of the molecule is Fc1cccc(COc2ccc(Nc3ncnc4cccc(OCCN5CCCC5)c34)cc2Cl)c1. The summed E-state index contributed by atoms with van der Waals surface area (Å²) in [6.07, 6.45) is 4.04. The van der Waals surface area contributed by atoms with Crippen LogP contribution in [0.25, 0.3) is 10.9 Å². The topological polar surface area (TPSA) is 59.5 Å². The lowest BCUT2D eigenvalue weighted by molar-refractivity contribution is 0.239. The summed E-state index contributed by atoms with van der Waals surface area (Å²) < 4.78 is 25.3. The molecule has 4 aromatic rings. The van der Waals surface area contributed by atoms with Gasteiger partial charge in [-0.15, -0.1) is 0 Å². The molecule has 8 heteroatoms. The van der Waals surface area contributed by atoms with Crippen molar-refractivity contribution in [1.82, 2.24) is 14.9 Å². The van der Waals surface area contributed by atoms with Gasteiger partial charge in [0.15, 0.2) is 0 Å². The van der Waals surface area contributed by atoms with Gasteiger partial charge in [0.25, 0.3) is 0 Å². The summed E-state index contributed by atoms with van der Waals surface area (Å²) in [5.74, 6) is 1.59. The molecule has 180 valence electrons. The number of likely N-dealkylation sites (tertiary alicyclic amines) is 1. The Kier molecular flexibility index (Phi) is 7.25. The maximum atomic E-state index is 13.4. The molecular weight excluding hydrogens is 467 g/mol. The quantitative estimate of drug-likeness (QED) is 0.299. The summed E-state index contributed by atoms with van der Waals surface area (Å²) in [5, 5.41) is 4.59. The van der Waals surface area contributed by atoms with Gasteiger partial charge in [0.05, 0.1) is 15.9 Å². The molecule has 0 atom stereocenters. The number of benzene rings is 3. The Bertz CT molecular complexity index is 1310. The van der Waals surface area contributed by atoms with Crippen molar-refractivity contribution in [1.29, 1.82) is 0 Å². The molecule has 1 aromatic heterocycles. The lowest BCUT2D eigenvalue weighted by Crippen LogP contribution is -2.25. The van der Waals surface area contributed by atoms with E-state index in [9.17, 15) is 4.39 Å². The van der Waals surface area contributed by atoms with E-state index in [4.69, 9.17) is 21.1 Å².